The minimum atomic E-state index is 0.629. The summed E-state index contributed by atoms with van der Waals surface area (Å²) in [6.45, 7) is 2.31. The van der Waals surface area contributed by atoms with Crippen molar-refractivity contribution in [1.29, 1.82) is 0 Å². The number of benzene rings is 1. The van der Waals surface area contributed by atoms with E-state index in [9.17, 15) is 0 Å². The van der Waals surface area contributed by atoms with Crippen LogP contribution in [0.25, 0.3) is 10.9 Å². The second-order valence-corrected chi connectivity index (χ2v) is 5.66. The third-order valence-corrected chi connectivity index (χ3v) is 4.37. The lowest BCUT2D eigenvalue weighted by molar-refractivity contribution is 0.327. The van der Waals surface area contributed by atoms with Gasteiger partial charge in [-0.2, -0.15) is 0 Å². The maximum absolute atomic E-state index is 4.43. The highest BCUT2D eigenvalue weighted by molar-refractivity contribution is 5.90. The van der Waals surface area contributed by atoms with Gasteiger partial charge >= 0.3 is 0 Å². The Morgan fingerprint density at radius 3 is 3.00 bits per heavy atom. The molecule has 0 saturated heterocycles. The van der Waals surface area contributed by atoms with Crippen molar-refractivity contribution >= 4 is 16.6 Å². The van der Waals surface area contributed by atoms with Gasteiger partial charge in [0, 0.05) is 23.3 Å². The van der Waals surface area contributed by atoms with Crippen molar-refractivity contribution in [3.05, 3.63) is 36.5 Å². The Kier molecular flexibility index (Phi) is 3.67. The van der Waals surface area contributed by atoms with E-state index < -0.39 is 0 Å². The Labute approximate surface area is 115 Å². The summed E-state index contributed by atoms with van der Waals surface area (Å²) in [5, 5.41) is 4.99. The molecule has 2 nitrogen and oxygen atoms in total. The van der Waals surface area contributed by atoms with E-state index in [1.165, 1.54) is 43.2 Å². The van der Waals surface area contributed by atoms with E-state index in [1.54, 1.807) is 0 Å². The van der Waals surface area contributed by atoms with Crippen LogP contribution in [0.1, 0.15) is 39.0 Å². The van der Waals surface area contributed by atoms with Gasteiger partial charge < -0.3 is 5.32 Å². The molecule has 19 heavy (non-hydrogen) atoms. The molecular formula is C17H22N2. The van der Waals surface area contributed by atoms with Crippen LogP contribution >= 0.6 is 0 Å². The molecule has 1 aromatic carbocycles. The molecule has 1 N–H and O–H groups in total. The van der Waals surface area contributed by atoms with E-state index in [4.69, 9.17) is 0 Å². The highest BCUT2D eigenvalue weighted by Crippen LogP contribution is 2.30. The summed E-state index contributed by atoms with van der Waals surface area (Å²) in [4.78, 5) is 4.43. The topological polar surface area (TPSA) is 24.9 Å². The molecule has 100 valence electrons. The van der Waals surface area contributed by atoms with Gasteiger partial charge in [0.2, 0.25) is 0 Å². The van der Waals surface area contributed by atoms with Crippen molar-refractivity contribution in [3.63, 3.8) is 0 Å². The summed E-state index contributed by atoms with van der Waals surface area (Å²) < 4.78 is 0. The molecule has 2 atom stereocenters. The van der Waals surface area contributed by atoms with Crippen LogP contribution in [0, 0.1) is 5.92 Å². The molecule has 0 bridgehead atoms. The van der Waals surface area contributed by atoms with Crippen LogP contribution in [-0.4, -0.2) is 11.0 Å². The number of pyridine rings is 1. The lowest BCUT2D eigenvalue weighted by Crippen LogP contribution is -2.27. The number of rotatable bonds is 3. The summed E-state index contributed by atoms with van der Waals surface area (Å²) in [5.74, 6) is 0.902. The van der Waals surface area contributed by atoms with Crippen LogP contribution in [-0.2, 0) is 0 Å². The quantitative estimate of drug-likeness (QED) is 0.864. The highest BCUT2D eigenvalue weighted by atomic mass is 14.9. The first kappa shape index (κ1) is 12.5. The standard InChI is InChI=1S/C17H22N2/c1-2-13-6-5-7-14(12-13)19-17-10-11-18-16-9-4-3-8-15(16)17/h3-4,8-11,13-14H,2,5-7,12H2,1H3,(H,18,19). The molecule has 1 fully saturated rings. The first-order valence-electron chi connectivity index (χ1n) is 7.47. The zero-order valence-electron chi connectivity index (χ0n) is 11.6. The number of nitrogens with one attached hydrogen (secondary N) is 1. The van der Waals surface area contributed by atoms with Crippen molar-refractivity contribution in [2.45, 2.75) is 45.1 Å². The minimum Gasteiger partial charge on any atom is -0.382 e. The number of hydrogen-bond acceptors (Lipinski definition) is 2. The monoisotopic (exact) mass is 254 g/mol. The van der Waals surface area contributed by atoms with Crippen LogP contribution in [0.3, 0.4) is 0 Å². The third-order valence-electron chi connectivity index (χ3n) is 4.37. The molecule has 2 aromatic rings. The fourth-order valence-electron chi connectivity index (χ4n) is 3.23. The van der Waals surface area contributed by atoms with Gasteiger partial charge in [-0.15, -0.1) is 0 Å². The van der Waals surface area contributed by atoms with Gasteiger partial charge in [-0.25, -0.2) is 0 Å². The molecule has 3 rings (SSSR count). The maximum Gasteiger partial charge on any atom is 0.0722 e. The Balaban J connectivity index is 1.81. The summed E-state index contributed by atoms with van der Waals surface area (Å²) >= 11 is 0. The number of fused-ring (bicyclic) bond motifs is 1. The van der Waals surface area contributed by atoms with Gasteiger partial charge in [0.1, 0.15) is 0 Å². The lowest BCUT2D eigenvalue weighted by Gasteiger charge is -2.30. The van der Waals surface area contributed by atoms with Crippen LogP contribution in [0.5, 0.6) is 0 Å². The maximum atomic E-state index is 4.43. The zero-order valence-corrected chi connectivity index (χ0v) is 11.6. The Morgan fingerprint density at radius 1 is 1.21 bits per heavy atom. The van der Waals surface area contributed by atoms with Crippen LogP contribution in [0.15, 0.2) is 36.5 Å². The lowest BCUT2D eigenvalue weighted by atomic mass is 9.84. The van der Waals surface area contributed by atoms with Gasteiger partial charge in [0.25, 0.3) is 0 Å². The Bertz CT molecular complexity index is 544. The normalized spacial score (nSPS) is 23.4. The first-order valence-corrected chi connectivity index (χ1v) is 7.47. The van der Waals surface area contributed by atoms with Crippen molar-refractivity contribution in [1.82, 2.24) is 4.98 Å². The smallest absolute Gasteiger partial charge is 0.0722 e. The first-order chi connectivity index (χ1) is 9.36. The molecule has 0 aliphatic heterocycles. The molecule has 2 heteroatoms. The van der Waals surface area contributed by atoms with E-state index in [-0.39, 0.29) is 0 Å². The SMILES string of the molecule is CCC1CCCC(Nc2ccnc3ccccc23)C1. The predicted octanol–water partition coefficient (Wildman–Crippen LogP) is 4.62. The van der Waals surface area contributed by atoms with Crippen molar-refractivity contribution in [2.24, 2.45) is 5.92 Å². The van der Waals surface area contributed by atoms with Gasteiger partial charge in [-0.3, -0.25) is 4.98 Å². The van der Waals surface area contributed by atoms with Crippen LogP contribution in [0.4, 0.5) is 5.69 Å². The predicted molar refractivity (Wildman–Crippen MR) is 81.4 cm³/mol. The van der Waals surface area contributed by atoms with Crippen molar-refractivity contribution in [2.75, 3.05) is 5.32 Å². The van der Waals surface area contributed by atoms with Crippen LogP contribution < -0.4 is 5.32 Å². The second kappa shape index (κ2) is 5.60. The molecule has 0 radical (unpaired) electrons. The van der Waals surface area contributed by atoms with Crippen LogP contribution in [0.2, 0.25) is 0 Å². The van der Waals surface area contributed by atoms with Gasteiger partial charge in [0.05, 0.1) is 5.52 Å². The average molecular weight is 254 g/mol. The number of hydrogen-bond donors (Lipinski definition) is 1. The average Bonchev–Trinajstić information content (AvgIpc) is 2.48. The number of aromatic nitrogens is 1. The molecule has 1 aliphatic carbocycles. The van der Waals surface area contributed by atoms with Gasteiger partial charge in [-0.1, -0.05) is 44.4 Å². The van der Waals surface area contributed by atoms with E-state index in [0.717, 1.165) is 11.4 Å². The Morgan fingerprint density at radius 2 is 2.11 bits per heavy atom. The summed E-state index contributed by atoms with van der Waals surface area (Å²) in [6, 6.07) is 11.1. The largest absolute Gasteiger partial charge is 0.382 e. The van der Waals surface area contributed by atoms with Crippen molar-refractivity contribution in [3.8, 4) is 0 Å². The third kappa shape index (κ3) is 2.73. The number of nitrogens with zero attached hydrogens (tertiary/aromatic N) is 1. The fraction of sp³-hybridized carbons (Fsp3) is 0.471. The fourth-order valence-corrected chi connectivity index (χ4v) is 3.23. The summed E-state index contributed by atoms with van der Waals surface area (Å²) in [5.41, 5.74) is 2.32. The molecule has 2 unspecified atom stereocenters. The van der Waals surface area contributed by atoms with Crippen molar-refractivity contribution < 1.29 is 0 Å². The van der Waals surface area contributed by atoms with Gasteiger partial charge in [-0.05, 0) is 30.9 Å². The molecular weight excluding hydrogens is 232 g/mol. The number of para-hydroxylation sites is 1. The molecule has 0 spiro atoms. The molecule has 1 heterocycles. The zero-order chi connectivity index (χ0) is 13.1. The minimum absolute atomic E-state index is 0.629. The molecule has 1 aliphatic rings. The second-order valence-electron chi connectivity index (χ2n) is 5.66. The van der Waals surface area contributed by atoms with Gasteiger partial charge in [0.15, 0.2) is 0 Å². The summed E-state index contributed by atoms with van der Waals surface area (Å²) in [6.07, 6.45) is 8.60. The molecule has 0 amide bonds. The number of anilines is 1. The van der Waals surface area contributed by atoms with E-state index in [1.807, 2.05) is 12.3 Å². The molecule has 1 aromatic heterocycles. The van der Waals surface area contributed by atoms with E-state index in [0.29, 0.717) is 6.04 Å². The highest BCUT2D eigenvalue weighted by Gasteiger charge is 2.20. The Hall–Kier alpha value is -1.57. The summed E-state index contributed by atoms with van der Waals surface area (Å²) in [7, 11) is 0. The van der Waals surface area contributed by atoms with E-state index >= 15 is 0 Å². The van der Waals surface area contributed by atoms with E-state index in [2.05, 4.69) is 41.5 Å². The molecule has 1 saturated carbocycles.